The van der Waals surface area contributed by atoms with Crippen molar-refractivity contribution in [2.75, 3.05) is 6.61 Å². The first-order valence-corrected chi connectivity index (χ1v) is 4.87. The van der Waals surface area contributed by atoms with E-state index in [1.54, 1.807) is 0 Å². The minimum atomic E-state index is 0.162. The second-order valence-corrected chi connectivity index (χ2v) is 4.25. The fraction of sp³-hybridized carbons (Fsp3) is 1.00. The third-order valence-electron chi connectivity index (χ3n) is 2.93. The molecule has 3 unspecified atom stereocenters. The van der Waals surface area contributed by atoms with E-state index in [1.807, 2.05) is 0 Å². The fourth-order valence-corrected chi connectivity index (χ4v) is 1.52. The normalized spacial score (nSPS) is 36.5. The van der Waals surface area contributed by atoms with E-state index in [9.17, 15) is 0 Å². The van der Waals surface area contributed by atoms with Crippen molar-refractivity contribution in [3.8, 4) is 0 Å². The molecule has 1 aliphatic heterocycles. The lowest BCUT2D eigenvalue weighted by Gasteiger charge is -2.09. The zero-order chi connectivity index (χ0) is 9.19. The van der Waals surface area contributed by atoms with E-state index < -0.39 is 0 Å². The average molecular weight is 172 g/mol. The molecule has 3 atom stereocenters. The Balaban J connectivity index is 2.03. The van der Waals surface area contributed by atoms with Gasteiger partial charge in [0.05, 0.1) is 11.7 Å². The molecule has 12 heavy (non-hydrogen) atoms. The quantitative estimate of drug-likeness (QED) is 0.643. The highest BCUT2D eigenvalue weighted by Gasteiger charge is 2.47. The number of aliphatic hydroxyl groups is 1. The number of hydrogen-bond donors (Lipinski definition) is 1. The summed E-state index contributed by atoms with van der Waals surface area (Å²) >= 11 is 0. The van der Waals surface area contributed by atoms with Gasteiger partial charge in [0.15, 0.2) is 0 Å². The van der Waals surface area contributed by atoms with Crippen molar-refractivity contribution in [1.29, 1.82) is 0 Å². The molecule has 1 aliphatic rings. The third kappa shape index (κ3) is 2.46. The van der Waals surface area contributed by atoms with Gasteiger partial charge in [0.2, 0.25) is 0 Å². The van der Waals surface area contributed by atoms with Crippen LogP contribution in [0.5, 0.6) is 0 Å². The molecule has 1 saturated heterocycles. The summed E-state index contributed by atoms with van der Waals surface area (Å²) in [7, 11) is 0. The summed E-state index contributed by atoms with van der Waals surface area (Å²) in [6.45, 7) is 6.68. The van der Waals surface area contributed by atoms with Gasteiger partial charge >= 0.3 is 0 Å². The van der Waals surface area contributed by atoms with E-state index in [4.69, 9.17) is 9.84 Å². The van der Waals surface area contributed by atoms with Gasteiger partial charge in [0.25, 0.3) is 0 Å². The second-order valence-electron chi connectivity index (χ2n) is 4.25. The number of epoxide rings is 1. The summed E-state index contributed by atoms with van der Waals surface area (Å²) in [6, 6.07) is 0. The fourth-order valence-electron chi connectivity index (χ4n) is 1.52. The van der Waals surface area contributed by atoms with Crippen molar-refractivity contribution in [1.82, 2.24) is 0 Å². The highest BCUT2D eigenvalue weighted by atomic mass is 16.6. The van der Waals surface area contributed by atoms with Crippen molar-refractivity contribution in [2.24, 2.45) is 5.92 Å². The molecule has 1 rings (SSSR count). The number of rotatable bonds is 5. The van der Waals surface area contributed by atoms with Crippen molar-refractivity contribution in [3.63, 3.8) is 0 Å². The zero-order valence-corrected chi connectivity index (χ0v) is 8.34. The van der Waals surface area contributed by atoms with E-state index in [2.05, 4.69) is 20.8 Å². The molecule has 0 amide bonds. The van der Waals surface area contributed by atoms with Crippen LogP contribution in [0.2, 0.25) is 0 Å². The minimum absolute atomic E-state index is 0.162. The Hall–Kier alpha value is -0.0800. The Morgan fingerprint density at radius 2 is 2.17 bits per heavy atom. The van der Waals surface area contributed by atoms with Crippen LogP contribution >= 0.6 is 0 Å². The van der Waals surface area contributed by atoms with Crippen LogP contribution in [0.4, 0.5) is 0 Å². The van der Waals surface area contributed by atoms with E-state index in [0.29, 0.717) is 18.6 Å². The zero-order valence-electron chi connectivity index (χ0n) is 8.34. The molecule has 0 saturated carbocycles. The van der Waals surface area contributed by atoms with Gasteiger partial charge in [0, 0.05) is 6.61 Å². The first kappa shape index (κ1) is 10.0. The molecule has 0 bridgehead atoms. The molecule has 1 heterocycles. The van der Waals surface area contributed by atoms with Gasteiger partial charge in [0.1, 0.15) is 0 Å². The van der Waals surface area contributed by atoms with E-state index in [1.165, 1.54) is 6.42 Å². The van der Waals surface area contributed by atoms with E-state index in [0.717, 1.165) is 12.8 Å². The van der Waals surface area contributed by atoms with Gasteiger partial charge in [-0.15, -0.1) is 0 Å². The summed E-state index contributed by atoms with van der Waals surface area (Å²) < 4.78 is 5.46. The van der Waals surface area contributed by atoms with Crippen molar-refractivity contribution in [2.45, 2.75) is 51.7 Å². The third-order valence-corrected chi connectivity index (χ3v) is 2.93. The molecule has 0 aliphatic carbocycles. The monoisotopic (exact) mass is 172 g/mol. The molecule has 2 nitrogen and oxygen atoms in total. The molecule has 0 spiro atoms. The average Bonchev–Trinajstić information content (AvgIpc) is 2.59. The van der Waals surface area contributed by atoms with Crippen LogP contribution in [-0.2, 0) is 4.74 Å². The smallest absolute Gasteiger partial charge is 0.0917 e. The standard InChI is InChI=1S/C10H20O2/c1-8(7-11)5-4-6-10(3)9(2)12-10/h8-9,11H,4-7H2,1-3H3. The Morgan fingerprint density at radius 3 is 2.58 bits per heavy atom. The molecule has 0 aromatic carbocycles. The van der Waals surface area contributed by atoms with Gasteiger partial charge in [-0.05, 0) is 32.6 Å². The van der Waals surface area contributed by atoms with Crippen LogP contribution in [0.15, 0.2) is 0 Å². The van der Waals surface area contributed by atoms with Crippen molar-refractivity contribution >= 4 is 0 Å². The van der Waals surface area contributed by atoms with Crippen LogP contribution in [0.3, 0.4) is 0 Å². The minimum Gasteiger partial charge on any atom is -0.396 e. The Labute approximate surface area is 74.9 Å². The van der Waals surface area contributed by atoms with Gasteiger partial charge in [-0.1, -0.05) is 13.3 Å². The molecule has 72 valence electrons. The summed E-state index contributed by atoms with van der Waals surface area (Å²) in [5.74, 6) is 0.447. The van der Waals surface area contributed by atoms with Crippen molar-refractivity contribution < 1.29 is 9.84 Å². The largest absolute Gasteiger partial charge is 0.396 e. The molecule has 1 N–H and O–H groups in total. The number of hydrogen-bond acceptors (Lipinski definition) is 2. The SMILES string of the molecule is CC(CO)CCCC1(C)OC1C. The van der Waals surface area contributed by atoms with Crippen LogP contribution in [-0.4, -0.2) is 23.4 Å². The molecule has 0 radical (unpaired) electrons. The Kier molecular flexibility index (Phi) is 3.13. The van der Waals surface area contributed by atoms with Crippen LogP contribution in [0.1, 0.15) is 40.0 Å². The predicted octanol–water partition coefficient (Wildman–Crippen LogP) is 1.96. The van der Waals surface area contributed by atoms with Gasteiger partial charge in [-0.2, -0.15) is 0 Å². The maximum atomic E-state index is 8.80. The van der Waals surface area contributed by atoms with Crippen LogP contribution < -0.4 is 0 Å². The lowest BCUT2D eigenvalue weighted by Crippen LogP contribution is -2.09. The lowest BCUT2D eigenvalue weighted by molar-refractivity contribution is 0.221. The highest BCUT2D eigenvalue weighted by Crippen LogP contribution is 2.40. The molecule has 0 aromatic rings. The number of ether oxygens (including phenoxy) is 1. The molecular formula is C10H20O2. The molecular weight excluding hydrogens is 152 g/mol. The molecule has 1 fully saturated rings. The van der Waals surface area contributed by atoms with Gasteiger partial charge in [-0.25, -0.2) is 0 Å². The topological polar surface area (TPSA) is 32.8 Å². The predicted molar refractivity (Wildman–Crippen MR) is 49.1 cm³/mol. The van der Waals surface area contributed by atoms with Crippen molar-refractivity contribution in [3.05, 3.63) is 0 Å². The Morgan fingerprint density at radius 1 is 1.58 bits per heavy atom. The first-order chi connectivity index (χ1) is 5.58. The molecule has 2 heteroatoms. The van der Waals surface area contributed by atoms with Gasteiger partial charge < -0.3 is 9.84 Å². The first-order valence-electron chi connectivity index (χ1n) is 4.87. The summed E-state index contributed by atoms with van der Waals surface area (Å²) in [5.41, 5.74) is 0.162. The maximum absolute atomic E-state index is 8.80. The van der Waals surface area contributed by atoms with Gasteiger partial charge in [-0.3, -0.25) is 0 Å². The summed E-state index contributed by atoms with van der Waals surface area (Å²) in [4.78, 5) is 0. The summed E-state index contributed by atoms with van der Waals surface area (Å²) in [5, 5.41) is 8.80. The highest BCUT2D eigenvalue weighted by molar-refractivity contribution is 4.95. The lowest BCUT2D eigenvalue weighted by atomic mass is 9.97. The second kappa shape index (κ2) is 3.75. The van der Waals surface area contributed by atoms with Crippen LogP contribution in [0.25, 0.3) is 0 Å². The van der Waals surface area contributed by atoms with E-state index >= 15 is 0 Å². The molecule has 0 aromatic heterocycles. The van der Waals surface area contributed by atoms with Crippen LogP contribution in [0, 0.1) is 5.92 Å². The van der Waals surface area contributed by atoms with E-state index in [-0.39, 0.29) is 5.60 Å². The summed E-state index contributed by atoms with van der Waals surface area (Å²) in [6.07, 6.45) is 3.87. The Bertz CT molecular complexity index is 147. The number of aliphatic hydroxyl groups excluding tert-OH is 1. The maximum Gasteiger partial charge on any atom is 0.0917 e.